The van der Waals surface area contributed by atoms with E-state index in [1.165, 1.54) is 6.42 Å². The van der Waals surface area contributed by atoms with Crippen LogP contribution in [0.3, 0.4) is 0 Å². The predicted octanol–water partition coefficient (Wildman–Crippen LogP) is 6.41. The van der Waals surface area contributed by atoms with Crippen molar-refractivity contribution in [2.24, 2.45) is 0 Å². The third kappa shape index (κ3) is 5.31. The van der Waals surface area contributed by atoms with Gasteiger partial charge in [0.25, 0.3) is 0 Å². The number of benzene rings is 2. The number of pyridine rings is 1. The summed E-state index contributed by atoms with van der Waals surface area (Å²) >= 11 is 0. The first-order valence-corrected chi connectivity index (χ1v) is 9.65. The molecule has 28 heavy (non-hydrogen) atoms. The number of hydrogen-bond donors (Lipinski definition) is 0. The summed E-state index contributed by atoms with van der Waals surface area (Å²) in [6.07, 6.45) is 9.36. The van der Waals surface area contributed by atoms with Gasteiger partial charge in [0.1, 0.15) is 5.75 Å². The van der Waals surface area contributed by atoms with Gasteiger partial charge in [0.05, 0.1) is 30.1 Å². The maximum absolute atomic E-state index is 8.90. The Morgan fingerprint density at radius 2 is 1.50 bits per heavy atom. The van der Waals surface area contributed by atoms with Crippen LogP contribution in [0, 0.1) is 11.3 Å². The van der Waals surface area contributed by atoms with Crippen LogP contribution in [0.2, 0.25) is 0 Å². The summed E-state index contributed by atoms with van der Waals surface area (Å²) in [5.41, 5.74) is 4.86. The second kappa shape index (κ2) is 10.1. The smallest absolute Gasteiger partial charge is 0.137 e. The van der Waals surface area contributed by atoms with E-state index >= 15 is 0 Å². The van der Waals surface area contributed by atoms with E-state index in [0.29, 0.717) is 12.2 Å². The van der Waals surface area contributed by atoms with Gasteiger partial charge in [0.15, 0.2) is 0 Å². The summed E-state index contributed by atoms with van der Waals surface area (Å²) in [7, 11) is 0. The number of unbranched alkanes of at least 4 members (excludes halogenated alkanes) is 1. The molecule has 0 radical (unpaired) electrons. The lowest BCUT2D eigenvalue weighted by atomic mass is 10.0. The lowest BCUT2D eigenvalue weighted by Gasteiger charge is -2.07. The van der Waals surface area contributed by atoms with Crippen LogP contribution in [0.4, 0.5) is 0 Å². The molecule has 0 N–H and O–H groups in total. The molecule has 1 aromatic heterocycles. The fourth-order valence-corrected chi connectivity index (χ4v) is 2.85. The first-order chi connectivity index (χ1) is 13.8. The molecule has 1 heterocycles. The van der Waals surface area contributed by atoms with Crippen LogP contribution in [0.1, 0.15) is 31.7 Å². The Labute approximate surface area is 167 Å². The standard InChI is InChI=1S/C25H24N2O/c1-2-3-4-5-6-17-28-24-15-16-25(27-19-24)23-13-11-22(12-14-23)21-9-7-20(18-26)8-10-21/h4-5,7-16,19H,2-3,6,17H2,1H3/b5-4-. The highest BCUT2D eigenvalue weighted by molar-refractivity contribution is 5.69. The molecule has 0 bridgehead atoms. The summed E-state index contributed by atoms with van der Waals surface area (Å²) in [5.74, 6) is 0.793. The molecule has 0 aliphatic rings. The van der Waals surface area contributed by atoms with Crippen LogP contribution in [0.25, 0.3) is 22.4 Å². The Hall–Kier alpha value is -3.38. The van der Waals surface area contributed by atoms with Gasteiger partial charge in [-0.05, 0) is 48.2 Å². The van der Waals surface area contributed by atoms with Gasteiger partial charge in [-0.15, -0.1) is 0 Å². The highest BCUT2D eigenvalue weighted by Gasteiger charge is 2.03. The van der Waals surface area contributed by atoms with Crippen molar-refractivity contribution >= 4 is 0 Å². The molecule has 0 spiro atoms. The quantitative estimate of drug-likeness (QED) is 0.341. The largest absolute Gasteiger partial charge is 0.492 e. The topological polar surface area (TPSA) is 45.9 Å². The van der Waals surface area contributed by atoms with Gasteiger partial charge in [-0.2, -0.15) is 5.26 Å². The molecule has 0 aliphatic heterocycles. The Morgan fingerprint density at radius 3 is 2.11 bits per heavy atom. The van der Waals surface area contributed by atoms with Crippen LogP contribution in [-0.2, 0) is 0 Å². The molecule has 0 fully saturated rings. The molecule has 0 unspecified atom stereocenters. The lowest BCUT2D eigenvalue weighted by Crippen LogP contribution is -1.96. The van der Waals surface area contributed by atoms with Crippen LogP contribution in [0.5, 0.6) is 5.75 Å². The first-order valence-electron chi connectivity index (χ1n) is 9.65. The van der Waals surface area contributed by atoms with E-state index in [1.54, 1.807) is 6.20 Å². The number of nitrogens with zero attached hydrogens (tertiary/aromatic N) is 2. The van der Waals surface area contributed by atoms with Crippen molar-refractivity contribution in [1.29, 1.82) is 5.26 Å². The monoisotopic (exact) mass is 368 g/mol. The number of nitriles is 1. The van der Waals surface area contributed by atoms with E-state index < -0.39 is 0 Å². The molecular weight excluding hydrogens is 344 g/mol. The van der Waals surface area contributed by atoms with Crippen molar-refractivity contribution in [3.05, 3.63) is 84.6 Å². The molecule has 140 valence electrons. The fourth-order valence-electron chi connectivity index (χ4n) is 2.85. The molecule has 3 aromatic rings. The van der Waals surface area contributed by atoms with E-state index in [0.717, 1.165) is 41.0 Å². The Bertz CT molecular complexity index is 934. The minimum absolute atomic E-state index is 0.667. The van der Waals surface area contributed by atoms with E-state index in [1.807, 2.05) is 36.4 Å². The predicted molar refractivity (Wildman–Crippen MR) is 114 cm³/mol. The Balaban J connectivity index is 1.60. The first kappa shape index (κ1) is 19.4. The Morgan fingerprint density at radius 1 is 0.857 bits per heavy atom. The number of aromatic nitrogens is 1. The van der Waals surface area contributed by atoms with Crippen molar-refractivity contribution in [3.63, 3.8) is 0 Å². The number of ether oxygens (including phenoxy) is 1. The zero-order valence-electron chi connectivity index (χ0n) is 16.1. The zero-order valence-corrected chi connectivity index (χ0v) is 16.1. The van der Waals surface area contributed by atoms with Crippen molar-refractivity contribution in [2.45, 2.75) is 26.2 Å². The summed E-state index contributed by atoms with van der Waals surface area (Å²) < 4.78 is 5.74. The Kier molecular flexibility index (Phi) is 6.98. The van der Waals surface area contributed by atoms with E-state index in [-0.39, 0.29) is 0 Å². The zero-order chi connectivity index (χ0) is 19.6. The molecule has 3 nitrogen and oxygen atoms in total. The summed E-state index contributed by atoms with van der Waals surface area (Å²) in [4.78, 5) is 4.52. The normalized spacial score (nSPS) is 10.7. The molecule has 2 aromatic carbocycles. The summed E-state index contributed by atoms with van der Waals surface area (Å²) in [6.45, 7) is 2.84. The van der Waals surface area contributed by atoms with Crippen molar-refractivity contribution < 1.29 is 4.74 Å². The van der Waals surface area contributed by atoms with Gasteiger partial charge in [-0.1, -0.05) is 61.9 Å². The molecule has 0 amide bonds. The molecule has 0 atom stereocenters. The van der Waals surface area contributed by atoms with Crippen molar-refractivity contribution in [2.75, 3.05) is 6.61 Å². The van der Waals surface area contributed by atoms with Crippen LogP contribution < -0.4 is 4.74 Å². The van der Waals surface area contributed by atoms with E-state index in [4.69, 9.17) is 10.00 Å². The molecular formula is C25H24N2O. The molecule has 0 aliphatic carbocycles. The molecule has 3 rings (SSSR count). The SMILES string of the molecule is CCC/C=C\CCOc1ccc(-c2ccc(-c3ccc(C#N)cc3)cc2)nc1. The van der Waals surface area contributed by atoms with Gasteiger partial charge in [0, 0.05) is 5.56 Å². The maximum Gasteiger partial charge on any atom is 0.137 e. The molecule has 0 saturated heterocycles. The molecule has 3 heteroatoms. The van der Waals surface area contributed by atoms with Gasteiger partial charge >= 0.3 is 0 Å². The second-order valence-electron chi connectivity index (χ2n) is 6.54. The average Bonchev–Trinajstić information content (AvgIpc) is 2.77. The van der Waals surface area contributed by atoms with Crippen molar-refractivity contribution in [1.82, 2.24) is 4.98 Å². The van der Waals surface area contributed by atoms with Gasteiger partial charge < -0.3 is 4.74 Å². The number of hydrogen-bond acceptors (Lipinski definition) is 3. The van der Waals surface area contributed by atoms with E-state index in [2.05, 4.69) is 54.4 Å². The van der Waals surface area contributed by atoms with Crippen molar-refractivity contribution in [3.8, 4) is 34.2 Å². The average molecular weight is 368 g/mol. The minimum atomic E-state index is 0.667. The second-order valence-corrected chi connectivity index (χ2v) is 6.54. The summed E-state index contributed by atoms with van der Waals surface area (Å²) in [6, 6.07) is 22.0. The number of allylic oxidation sites excluding steroid dienone is 1. The summed E-state index contributed by atoms with van der Waals surface area (Å²) in [5, 5.41) is 8.90. The molecule has 0 saturated carbocycles. The van der Waals surface area contributed by atoms with Crippen LogP contribution in [-0.4, -0.2) is 11.6 Å². The third-order valence-corrected chi connectivity index (χ3v) is 4.44. The van der Waals surface area contributed by atoms with Gasteiger partial charge in [0.2, 0.25) is 0 Å². The van der Waals surface area contributed by atoms with Gasteiger partial charge in [-0.3, -0.25) is 4.98 Å². The highest BCUT2D eigenvalue weighted by Crippen LogP contribution is 2.25. The third-order valence-electron chi connectivity index (χ3n) is 4.44. The maximum atomic E-state index is 8.90. The van der Waals surface area contributed by atoms with Crippen LogP contribution in [0.15, 0.2) is 79.0 Å². The van der Waals surface area contributed by atoms with Gasteiger partial charge in [-0.25, -0.2) is 0 Å². The highest BCUT2D eigenvalue weighted by atomic mass is 16.5. The fraction of sp³-hybridized carbons (Fsp3) is 0.200. The number of rotatable bonds is 8. The van der Waals surface area contributed by atoms with E-state index in [9.17, 15) is 0 Å². The minimum Gasteiger partial charge on any atom is -0.492 e. The van der Waals surface area contributed by atoms with Crippen LogP contribution >= 0.6 is 0 Å². The lowest BCUT2D eigenvalue weighted by molar-refractivity contribution is 0.323.